The fourth-order valence-electron chi connectivity index (χ4n) is 2.55. The van der Waals surface area contributed by atoms with Gasteiger partial charge in [0.15, 0.2) is 0 Å². The Morgan fingerprint density at radius 1 is 1.42 bits per heavy atom. The topological polar surface area (TPSA) is 52.7 Å². The monoisotopic (exact) mass is 357 g/mol. The standard InChI is InChI=1S/C16H21F2N3O2S/c1-3-19-16(23)20(4-2)7-8-21-14(22)10-24-15(21)12-6-5-11(17)9-13(12)18/h5-6,9,15H,3-4,7-8,10H2,1-2H3,(H,19,23). The van der Waals surface area contributed by atoms with Crippen molar-refractivity contribution in [2.45, 2.75) is 19.2 Å². The molecule has 1 aromatic rings. The zero-order valence-electron chi connectivity index (χ0n) is 13.7. The van der Waals surface area contributed by atoms with E-state index in [0.29, 0.717) is 26.2 Å². The summed E-state index contributed by atoms with van der Waals surface area (Å²) >= 11 is 1.30. The molecule has 1 N–H and O–H groups in total. The maximum absolute atomic E-state index is 14.0. The second kappa shape index (κ2) is 8.32. The third-order valence-corrected chi connectivity index (χ3v) is 5.04. The molecule has 0 spiro atoms. The Bertz CT molecular complexity index is 615. The van der Waals surface area contributed by atoms with Crippen molar-refractivity contribution in [1.82, 2.24) is 15.1 Å². The average Bonchev–Trinajstić information content (AvgIpc) is 2.89. The van der Waals surface area contributed by atoms with E-state index >= 15 is 0 Å². The van der Waals surface area contributed by atoms with E-state index in [1.807, 2.05) is 13.8 Å². The number of rotatable bonds is 6. The van der Waals surface area contributed by atoms with Crippen LogP contribution >= 0.6 is 11.8 Å². The fraction of sp³-hybridized carbons (Fsp3) is 0.500. The van der Waals surface area contributed by atoms with Crippen molar-refractivity contribution in [3.05, 3.63) is 35.4 Å². The van der Waals surface area contributed by atoms with E-state index in [-0.39, 0.29) is 23.3 Å². The zero-order chi connectivity index (χ0) is 17.7. The molecule has 132 valence electrons. The summed E-state index contributed by atoms with van der Waals surface area (Å²) in [4.78, 5) is 27.2. The molecule has 8 heteroatoms. The van der Waals surface area contributed by atoms with Crippen LogP contribution in [-0.2, 0) is 4.79 Å². The first-order chi connectivity index (χ1) is 11.5. The summed E-state index contributed by atoms with van der Waals surface area (Å²) < 4.78 is 27.1. The van der Waals surface area contributed by atoms with E-state index in [2.05, 4.69) is 5.32 Å². The van der Waals surface area contributed by atoms with E-state index < -0.39 is 17.0 Å². The number of hydrogen-bond donors (Lipinski definition) is 1. The fourth-order valence-corrected chi connectivity index (χ4v) is 3.79. The van der Waals surface area contributed by atoms with Crippen molar-refractivity contribution in [3.63, 3.8) is 0 Å². The lowest BCUT2D eigenvalue weighted by molar-refractivity contribution is -0.128. The Morgan fingerprint density at radius 2 is 2.17 bits per heavy atom. The Morgan fingerprint density at radius 3 is 2.79 bits per heavy atom. The van der Waals surface area contributed by atoms with Crippen molar-refractivity contribution >= 4 is 23.7 Å². The van der Waals surface area contributed by atoms with Crippen molar-refractivity contribution in [2.24, 2.45) is 0 Å². The molecule has 0 radical (unpaired) electrons. The second-order valence-corrected chi connectivity index (χ2v) is 6.40. The third-order valence-electron chi connectivity index (χ3n) is 3.80. The number of carbonyl (C=O) groups excluding carboxylic acids is 2. The largest absolute Gasteiger partial charge is 0.338 e. The normalized spacial score (nSPS) is 17.2. The molecule has 5 nitrogen and oxygen atoms in total. The molecular formula is C16H21F2N3O2S. The number of urea groups is 1. The molecule has 3 amide bonds. The van der Waals surface area contributed by atoms with Crippen molar-refractivity contribution in [3.8, 4) is 0 Å². The lowest BCUT2D eigenvalue weighted by Crippen LogP contribution is -2.44. The quantitative estimate of drug-likeness (QED) is 0.851. The van der Waals surface area contributed by atoms with Crippen LogP contribution in [0.4, 0.5) is 13.6 Å². The number of thioether (sulfide) groups is 1. The van der Waals surface area contributed by atoms with Gasteiger partial charge in [-0.2, -0.15) is 0 Å². The molecule has 0 aliphatic carbocycles. The van der Waals surface area contributed by atoms with Crippen LogP contribution in [0.1, 0.15) is 24.8 Å². The highest BCUT2D eigenvalue weighted by molar-refractivity contribution is 8.00. The summed E-state index contributed by atoms with van der Waals surface area (Å²) in [6, 6.07) is 3.19. The summed E-state index contributed by atoms with van der Waals surface area (Å²) in [5.74, 6) is -1.18. The van der Waals surface area contributed by atoms with Gasteiger partial charge in [-0.3, -0.25) is 4.79 Å². The number of nitrogens with one attached hydrogen (secondary N) is 1. The number of benzene rings is 1. The minimum Gasteiger partial charge on any atom is -0.338 e. The number of amides is 3. The summed E-state index contributed by atoms with van der Waals surface area (Å²) in [5.41, 5.74) is 0.285. The minimum atomic E-state index is -0.664. The lowest BCUT2D eigenvalue weighted by atomic mass is 10.2. The molecular weight excluding hydrogens is 336 g/mol. The summed E-state index contributed by atoms with van der Waals surface area (Å²) in [7, 11) is 0. The number of hydrogen-bond acceptors (Lipinski definition) is 3. The van der Waals surface area contributed by atoms with Gasteiger partial charge in [0, 0.05) is 37.8 Å². The molecule has 1 unspecified atom stereocenters. The summed E-state index contributed by atoms with van der Waals surface area (Å²) in [5, 5.41) is 2.22. The van der Waals surface area contributed by atoms with Crippen LogP contribution in [0.2, 0.25) is 0 Å². The molecule has 2 rings (SSSR count). The number of likely N-dealkylation sites (N-methyl/N-ethyl adjacent to an activating group) is 1. The predicted molar refractivity (Wildman–Crippen MR) is 89.6 cm³/mol. The van der Waals surface area contributed by atoms with Crippen LogP contribution in [0.5, 0.6) is 0 Å². The highest BCUT2D eigenvalue weighted by Crippen LogP contribution is 2.39. The maximum atomic E-state index is 14.0. The van der Waals surface area contributed by atoms with Crippen molar-refractivity contribution in [1.29, 1.82) is 0 Å². The molecule has 0 saturated carbocycles. The zero-order valence-corrected chi connectivity index (χ0v) is 14.5. The van der Waals surface area contributed by atoms with E-state index in [1.54, 1.807) is 9.80 Å². The Balaban J connectivity index is 2.09. The molecule has 1 atom stereocenters. The maximum Gasteiger partial charge on any atom is 0.317 e. The first-order valence-corrected chi connectivity index (χ1v) is 8.91. The Hall–Kier alpha value is -1.83. The predicted octanol–water partition coefficient (Wildman–Crippen LogP) is 2.59. The van der Waals surface area contributed by atoms with Crippen molar-refractivity contribution in [2.75, 3.05) is 31.9 Å². The van der Waals surface area contributed by atoms with Gasteiger partial charge in [0.25, 0.3) is 0 Å². The van der Waals surface area contributed by atoms with E-state index in [0.717, 1.165) is 6.07 Å². The molecule has 1 fully saturated rings. The number of carbonyl (C=O) groups is 2. The summed E-state index contributed by atoms with van der Waals surface area (Å²) in [6.07, 6.45) is 0. The van der Waals surface area contributed by atoms with Crippen LogP contribution in [0.15, 0.2) is 18.2 Å². The van der Waals surface area contributed by atoms with E-state index in [4.69, 9.17) is 0 Å². The SMILES string of the molecule is CCNC(=O)N(CC)CCN1C(=O)CSC1c1ccc(F)cc1F. The van der Waals surface area contributed by atoms with Gasteiger partial charge in [-0.1, -0.05) is 6.07 Å². The van der Waals surface area contributed by atoms with Crippen LogP contribution < -0.4 is 5.32 Å². The van der Waals surface area contributed by atoms with Gasteiger partial charge in [-0.25, -0.2) is 13.6 Å². The van der Waals surface area contributed by atoms with Gasteiger partial charge >= 0.3 is 6.03 Å². The van der Waals surface area contributed by atoms with Gasteiger partial charge in [0.05, 0.1) is 5.75 Å². The smallest absolute Gasteiger partial charge is 0.317 e. The highest BCUT2D eigenvalue weighted by Gasteiger charge is 2.34. The van der Waals surface area contributed by atoms with E-state index in [9.17, 15) is 18.4 Å². The molecule has 1 aliphatic heterocycles. The molecule has 1 saturated heterocycles. The Kier molecular flexibility index (Phi) is 6.42. The highest BCUT2D eigenvalue weighted by atomic mass is 32.2. The first kappa shape index (κ1) is 18.5. The van der Waals surface area contributed by atoms with Crippen LogP contribution in [-0.4, -0.2) is 53.7 Å². The first-order valence-electron chi connectivity index (χ1n) is 7.86. The van der Waals surface area contributed by atoms with Crippen molar-refractivity contribution < 1.29 is 18.4 Å². The van der Waals surface area contributed by atoms with Gasteiger partial charge in [0.2, 0.25) is 5.91 Å². The number of halogens is 2. The van der Waals surface area contributed by atoms with Gasteiger partial charge in [0.1, 0.15) is 17.0 Å². The van der Waals surface area contributed by atoms with Gasteiger partial charge in [-0.05, 0) is 19.9 Å². The lowest BCUT2D eigenvalue weighted by Gasteiger charge is -2.28. The molecule has 1 aromatic carbocycles. The van der Waals surface area contributed by atoms with Gasteiger partial charge < -0.3 is 15.1 Å². The average molecular weight is 357 g/mol. The molecule has 24 heavy (non-hydrogen) atoms. The van der Waals surface area contributed by atoms with Crippen LogP contribution in [0.3, 0.4) is 0 Å². The Labute approximate surface area is 144 Å². The van der Waals surface area contributed by atoms with Crippen LogP contribution in [0.25, 0.3) is 0 Å². The third kappa shape index (κ3) is 4.17. The molecule has 1 heterocycles. The molecule has 1 aliphatic rings. The molecule has 0 bridgehead atoms. The molecule has 0 aromatic heterocycles. The minimum absolute atomic E-state index is 0.110. The van der Waals surface area contributed by atoms with E-state index in [1.165, 1.54) is 23.9 Å². The summed E-state index contributed by atoms with van der Waals surface area (Å²) in [6.45, 7) is 5.38. The number of nitrogens with zero attached hydrogens (tertiary/aromatic N) is 2. The van der Waals surface area contributed by atoms with Gasteiger partial charge in [-0.15, -0.1) is 11.8 Å². The van der Waals surface area contributed by atoms with Crippen LogP contribution in [0, 0.1) is 11.6 Å². The second-order valence-electron chi connectivity index (χ2n) is 5.33.